The molecule has 3 rings (SSSR count). The van der Waals surface area contributed by atoms with Crippen LogP contribution in [0.4, 0.5) is 0 Å². The van der Waals surface area contributed by atoms with E-state index in [0.717, 1.165) is 45.0 Å². The Hall–Kier alpha value is -1.40. The maximum atomic E-state index is 12.2. The van der Waals surface area contributed by atoms with E-state index in [2.05, 4.69) is 32.0 Å². The van der Waals surface area contributed by atoms with Crippen molar-refractivity contribution in [2.45, 2.75) is 58.0 Å². The maximum absolute atomic E-state index is 12.2. The van der Waals surface area contributed by atoms with E-state index in [-0.39, 0.29) is 5.91 Å². The molecular weight excluding hydrogens is 314 g/mol. The van der Waals surface area contributed by atoms with Crippen molar-refractivity contribution >= 4 is 5.91 Å². The van der Waals surface area contributed by atoms with Gasteiger partial charge in [-0.25, -0.2) is 4.98 Å². The van der Waals surface area contributed by atoms with Crippen LogP contribution in [0.25, 0.3) is 0 Å². The number of nitrogens with zero attached hydrogens (tertiary/aromatic N) is 3. The summed E-state index contributed by atoms with van der Waals surface area (Å²) in [5.74, 6) is 1.98. The largest absolute Gasteiger partial charge is 0.355 e. The zero-order chi connectivity index (χ0) is 17.5. The molecule has 1 amide bonds. The van der Waals surface area contributed by atoms with Crippen molar-refractivity contribution in [3.05, 3.63) is 18.2 Å². The Morgan fingerprint density at radius 1 is 1.32 bits per heavy atom. The van der Waals surface area contributed by atoms with Crippen molar-refractivity contribution in [2.75, 3.05) is 32.7 Å². The number of hydrogen-bond donors (Lipinski definition) is 2. The summed E-state index contributed by atoms with van der Waals surface area (Å²) < 4.78 is 0. The monoisotopic (exact) mass is 347 g/mol. The molecular formula is C19H33N5O. The number of likely N-dealkylation sites (tertiary alicyclic amines) is 2. The molecule has 2 N–H and O–H groups in total. The second kappa shape index (κ2) is 9.34. The van der Waals surface area contributed by atoms with Gasteiger partial charge in [-0.2, -0.15) is 0 Å². The van der Waals surface area contributed by atoms with Crippen LogP contribution in [0.5, 0.6) is 0 Å². The fourth-order valence-corrected chi connectivity index (χ4v) is 4.23. The smallest absolute Gasteiger partial charge is 0.220 e. The van der Waals surface area contributed by atoms with Crippen LogP contribution in [0, 0.1) is 5.92 Å². The summed E-state index contributed by atoms with van der Waals surface area (Å²) in [6.07, 6.45) is 10.3. The quantitative estimate of drug-likeness (QED) is 0.755. The molecule has 2 aliphatic rings. The highest BCUT2D eigenvalue weighted by Gasteiger charge is 2.24. The highest BCUT2D eigenvalue weighted by molar-refractivity contribution is 5.75. The summed E-state index contributed by atoms with van der Waals surface area (Å²) in [6, 6.07) is 0.554. The Morgan fingerprint density at radius 2 is 2.16 bits per heavy atom. The molecule has 3 heterocycles. The van der Waals surface area contributed by atoms with Gasteiger partial charge in [0.05, 0.1) is 6.54 Å². The molecule has 2 saturated heterocycles. The summed E-state index contributed by atoms with van der Waals surface area (Å²) in [7, 11) is 0. The van der Waals surface area contributed by atoms with E-state index in [1.54, 1.807) is 0 Å². The van der Waals surface area contributed by atoms with E-state index < -0.39 is 0 Å². The summed E-state index contributed by atoms with van der Waals surface area (Å²) in [5.41, 5.74) is 0. The van der Waals surface area contributed by atoms with E-state index in [1.807, 2.05) is 12.4 Å². The molecule has 0 saturated carbocycles. The molecule has 2 fully saturated rings. The van der Waals surface area contributed by atoms with Gasteiger partial charge in [0.25, 0.3) is 0 Å². The van der Waals surface area contributed by atoms with Crippen LogP contribution in [0.1, 0.15) is 51.3 Å². The number of carbonyl (C=O) groups excluding carboxylic acids is 1. The molecule has 0 aromatic carbocycles. The SMILES string of the molecule is CCN1CCCC1CNC(=O)CCC1CCN(Cc2ncc[nH]2)CC1. The lowest BCUT2D eigenvalue weighted by atomic mass is 9.92. The van der Waals surface area contributed by atoms with Crippen LogP contribution in [0.2, 0.25) is 0 Å². The van der Waals surface area contributed by atoms with E-state index in [9.17, 15) is 4.79 Å². The van der Waals surface area contributed by atoms with Gasteiger partial charge in [-0.1, -0.05) is 6.92 Å². The lowest BCUT2D eigenvalue weighted by Gasteiger charge is -2.31. The predicted molar refractivity (Wildman–Crippen MR) is 99.1 cm³/mol. The first-order valence-electron chi connectivity index (χ1n) is 9.96. The van der Waals surface area contributed by atoms with Gasteiger partial charge < -0.3 is 10.3 Å². The van der Waals surface area contributed by atoms with Crippen molar-refractivity contribution < 1.29 is 4.79 Å². The molecule has 1 unspecified atom stereocenters. The molecule has 6 heteroatoms. The number of likely N-dealkylation sites (N-methyl/N-ethyl adjacent to an activating group) is 1. The van der Waals surface area contributed by atoms with Crippen molar-refractivity contribution in [3.8, 4) is 0 Å². The third kappa shape index (κ3) is 5.54. The van der Waals surface area contributed by atoms with E-state index in [4.69, 9.17) is 0 Å². The maximum Gasteiger partial charge on any atom is 0.220 e. The summed E-state index contributed by atoms with van der Waals surface area (Å²) in [4.78, 5) is 24.6. The Balaban J connectivity index is 1.28. The number of aromatic nitrogens is 2. The lowest BCUT2D eigenvalue weighted by molar-refractivity contribution is -0.121. The van der Waals surface area contributed by atoms with E-state index >= 15 is 0 Å². The first-order chi connectivity index (χ1) is 12.2. The molecule has 0 radical (unpaired) electrons. The number of rotatable bonds is 8. The van der Waals surface area contributed by atoms with Gasteiger partial charge in [-0.05, 0) is 64.2 Å². The molecule has 0 aliphatic carbocycles. The van der Waals surface area contributed by atoms with Crippen LogP contribution < -0.4 is 5.32 Å². The highest BCUT2D eigenvalue weighted by atomic mass is 16.1. The molecule has 140 valence electrons. The van der Waals surface area contributed by atoms with Gasteiger partial charge >= 0.3 is 0 Å². The Kier molecular flexibility index (Phi) is 6.87. The number of piperidine rings is 1. The number of carbonyl (C=O) groups is 1. The van der Waals surface area contributed by atoms with Gasteiger partial charge in [0.15, 0.2) is 0 Å². The van der Waals surface area contributed by atoms with Crippen LogP contribution in [-0.2, 0) is 11.3 Å². The van der Waals surface area contributed by atoms with Crippen LogP contribution >= 0.6 is 0 Å². The minimum absolute atomic E-state index is 0.237. The van der Waals surface area contributed by atoms with Gasteiger partial charge in [-0.3, -0.25) is 14.6 Å². The normalized spacial score (nSPS) is 23.2. The van der Waals surface area contributed by atoms with Gasteiger partial charge in [0, 0.05) is 31.4 Å². The van der Waals surface area contributed by atoms with Crippen LogP contribution in [0.15, 0.2) is 12.4 Å². The Morgan fingerprint density at radius 3 is 2.88 bits per heavy atom. The number of H-pyrrole nitrogens is 1. The van der Waals surface area contributed by atoms with Crippen molar-refractivity contribution in [3.63, 3.8) is 0 Å². The molecule has 1 atom stereocenters. The average Bonchev–Trinajstić information content (AvgIpc) is 3.30. The second-order valence-electron chi connectivity index (χ2n) is 7.52. The van der Waals surface area contributed by atoms with Crippen molar-refractivity contribution in [1.29, 1.82) is 0 Å². The molecule has 25 heavy (non-hydrogen) atoms. The van der Waals surface area contributed by atoms with Gasteiger partial charge in [0.1, 0.15) is 5.82 Å². The standard InChI is InChI=1S/C19H33N5O/c1-2-24-11-3-4-17(24)14-22-19(25)6-5-16-7-12-23(13-8-16)15-18-20-9-10-21-18/h9-10,16-17H,2-8,11-15H2,1H3,(H,20,21)(H,22,25). The third-order valence-electron chi connectivity index (χ3n) is 5.86. The molecule has 0 bridgehead atoms. The third-order valence-corrected chi connectivity index (χ3v) is 5.86. The Labute approximate surface area is 151 Å². The van der Waals surface area contributed by atoms with Crippen LogP contribution in [-0.4, -0.2) is 64.4 Å². The minimum Gasteiger partial charge on any atom is -0.355 e. The van der Waals surface area contributed by atoms with Crippen molar-refractivity contribution in [2.24, 2.45) is 5.92 Å². The predicted octanol–water partition coefficient (Wildman–Crippen LogP) is 2.00. The highest BCUT2D eigenvalue weighted by Crippen LogP contribution is 2.22. The zero-order valence-electron chi connectivity index (χ0n) is 15.5. The van der Waals surface area contributed by atoms with E-state index in [1.165, 1.54) is 32.2 Å². The molecule has 1 aromatic rings. The van der Waals surface area contributed by atoms with Gasteiger partial charge in [-0.15, -0.1) is 0 Å². The molecule has 0 spiro atoms. The lowest BCUT2D eigenvalue weighted by Crippen LogP contribution is -2.40. The number of nitrogens with one attached hydrogen (secondary N) is 2. The Bertz CT molecular complexity index is 510. The number of aromatic amines is 1. The topological polar surface area (TPSA) is 64.3 Å². The second-order valence-corrected chi connectivity index (χ2v) is 7.52. The number of hydrogen-bond acceptors (Lipinski definition) is 4. The molecule has 1 aromatic heterocycles. The molecule has 2 aliphatic heterocycles. The first-order valence-corrected chi connectivity index (χ1v) is 9.96. The number of amides is 1. The summed E-state index contributed by atoms with van der Waals surface area (Å²) in [5, 5.41) is 3.16. The summed E-state index contributed by atoms with van der Waals surface area (Å²) >= 11 is 0. The molecule has 6 nitrogen and oxygen atoms in total. The fourth-order valence-electron chi connectivity index (χ4n) is 4.23. The zero-order valence-corrected chi connectivity index (χ0v) is 15.5. The van der Waals surface area contributed by atoms with Crippen LogP contribution in [0.3, 0.4) is 0 Å². The van der Waals surface area contributed by atoms with Gasteiger partial charge in [0.2, 0.25) is 5.91 Å². The fraction of sp³-hybridized carbons (Fsp3) is 0.789. The first kappa shape index (κ1) is 18.4. The van der Waals surface area contributed by atoms with E-state index in [0.29, 0.717) is 18.4 Å². The summed E-state index contributed by atoms with van der Waals surface area (Å²) in [6.45, 7) is 8.45. The minimum atomic E-state index is 0.237. The number of imidazole rings is 1. The van der Waals surface area contributed by atoms with Crippen molar-refractivity contribution in [1.82, 2.24) is 25.1 Å². The average molecular weight is 348 g/mol.